The first-order chi connectivity index (χ1) is 13.6. The van der Waals surface area contributed by atoms with Crippen molar-refractivity contribution < 1.29 is 9.53 Å². The number of unbranched alkanes of at least 4 members (excludes halogenated alkanes) is 5. The minimum Gasteiger partial charge on any atom is -0.494 e. The fourth-order valence-corrected chi connectivity index (χ4v) is 2.96. The number of hydrogen-bond donors (Lipinski definition) is 2. The van der Waals surface area contributed by atoms with Crippen LogP contribution < -0.4 is 15.4 Å². The highest BCUT2D eigenvalue weighted by atomic mass is 32.1. The van der Waals surface area contributed by atoms with E-state index in [1.807, 2.05) is 43.3 Å². The van der Waals surface area contributed by atoms with Crippen molar-refractivity contribution in [1.29, 1.82) is 0 Å². The topological polar surface area (TPSA) is 50.4 Å². The van der Waals surface area contributed by atoms with Gasteiger partial charge in [0.2, 0.25) is 0 Å². The number of anilines is 1. The third-order valence-corrected chi connectivity index (χ3v) is 4.62. The van der Waals surface area contributed by atoms with E-state index in [0.717, 1.165) is 30.0 Å². The Hall–Kier alpha value is -2.40. The molecule has 2 N–H and O–H groups in total. The molecule has 0 atom stereocenters. The first-order valence-electron chi connectivity index (χ1n) is 10.0. The quantitative estimate of drug-likeness (QED) is 0.389. The molecular weight excluding hydrogens is 368 g/mol. The molecule has 0 heterocycles. The van der Waals surface area contributed by atoms with Crippen LogP contribution in [0.25, 0.3) is 0 Å². The molecule has 0 aromatic heterocycles. The fourth-order valence-electron chi connectivity index (χ4n) is 2.75. The van der Waals surface area contributed by atoms with Crippen molar-refractivity contribution in [2.75, 3.05) is 11.9 Å². The highest BCUT2D eigenvalue weighted by molar-refractivity contribution is 7.80. The molecule has 2 aromatic rings. The van der Waals surface area contributed by atoms with Crippen LogP contribution in [0, 0.1) is 6.92 Å². The predicted molar refractivity (Wildman–Crippen MR) is 120 cm³/mol. The van der Waals surface area contributed by atoms with Crippen molar-refractivity contribution in [1.82, 2.24) is 5.32 Å². The zero-order valence-electron chi connectivity index (χ0n) is 16.8. The van der Waals surface area contributed by atoms with Gasteiger partial charge in [0.25, 0.3) is 5.91 Å². The van der Waals surface area contributed by atoms with Crippen LogP contribution in [0.1, 0.15) is 61.4 Å². The summed E-state index contributed by atoms with van der Waals surface area (Å²) < 4.78 is 5.77. The zero-order chi connectivity index (χ0) is 20.2. The Morgan fingerprint density at radius 1 is 0.929 bits per heavy atom. The number of aryl methyl sites for hydroxylation is 1. The van der Waals surface area contributed by atoms with Gasteiger partial charge >= 0.3 is 0 Å². The lowest BCUT2D eigenvalue weighted by Crippen LogP contribution is -2.34. The molecule has 0 bridgehead atoms. The van der Waals surface area contributed by atoms with Gasteiger partial charge in [-0.1, -0.05) is 56.7 Å². The second-order valence-corrected chi connectivity index (χ2v) is 7.32. The van der Waals surface area contributed by atoms with Crippen LogP contribution in [0.2, 0.25) is 0 Å². The van der Waals surface area contributed by atoms with E-state index in [4.69, 9.17) is 17.0 Å². The molecule has 0 unspecified atom stereocenters. The standard InChI is InChI=1S/C23H30N2O2S/c1-3-4-5-6-7-8-17-27-21-15-13-20(14-16-21)24-23(28)25-22(26)19-11-9-18(2)10-12-19/h9-16H,3-8,17H2,1-2H3,(H2,24,25,26,28). The van der Waals surface area contributed by atoms with Gasteiger partial charge in [0.15, 0.2) is 5.11 Å². The van der Waals surface area contributed by atoms with Crippen LogP contribution in [0.5, 0.6) is 5.75 Å². The van der Waals surface area contributed by atoms with Gasteiger partial charge in [0, 0.05) is 11.3 Å². The number of benzene rings is 2. The maximum Gasteiger partial charge on any atom is 0.257 e. The Morgan fingerprint density at radius 3 is 2.25 bits per heavy atom. The molecule has 4 nitrogen and oxygen atoms in total. The van der Waals surface area contributed by atoms with Gasteiger partial charge in [-0.2, -0.15) is 0 Å². The minimum atomic E-state index is -0.226. The summed E-state index contributed by atoms with van der Waals surface area (Å²) in [6.07, 6.45) is 7.50. The second kappa shape index (κ2) is 12.1. The third-order valence-electron chi connectivity index (χ3n) is 4.42. The molecule has 5 heteroatoms. The van der Waals surface area contributed by atoms with Crippen LogP contribution in [-0.4, -0.2) is 17.6 Å². The maximum absolute atomic E-state index is 12.2. The highest BCUT2D eigenvalue weighted by Gasteiger charge is 2.07. The van der Waals surface area contributed by atoms with E-state index in [1.165, 1.54) is 32.1 Å². The molecule has 0 aliphatic heterocycles. The number of carbonyl (C=O) groups excluding carboxylic acids is 1. The number of ether oxygens (including phenoxy) is 1. The minimum absolute atomic E-state index is 0.226. The molecule has 0 aliphatic rings. The molecule has 2 rings (SSSR count). The molecule has 0 saturated carbocycles. The largest absolute Gasteiger partial charge is 0.494 e. The van der Waals surface area contributed by atoms with Crippen molar-refractivity contribution in [3.8, 4) is 5.75 Å². The summed E-state index contributed by atoms with van der Waals surface area (Å²) in [7, 11) is 0. The van der Waals surface area contributed by atoms with Crippen molar-refractivity contribution >= 4 is 28.9 Å². The summed E-state index contributed by atoms with van der Waals surface area (Å²) in [5, 5.41) is 5.98. The predicted octanol–water partition coefficient (Wildman–Crippen LogP) is 5.86. The number of rotatable bonds is 10. The average Bonchev–Trinajstić information content (AvgIpc) is 2.69. The molecule has 0 saturated heterocycles. The number of thiocarbonyl (C=S) groups is 1. The molecule has 150 valence electrons. The summed E-state index contributed by atoms with van der Waals surface area (Å²) in [5.74, 6) is 0.616. The van der Waals surface area contributed by atoms with Crippen LogP contribution in [-0.2, 0) is 0 Å². The molecule has 28 heavy (non-hydrogen) atoms. The van der Waals surface area contributed by atoms with Crippen molar-refractivity contribution in [3.63, 3.8) is 0 Å². The molecular formula is C23H30N2O2S. The maximum atomic E-state index is 12.2. The lowest BCUT2D eigenvalue weighted by molar-refractivity contribution is 0.0977. The highest BCUT2D eigenvalue weighted by Crippen LogP contribution is 2.16. The molecule has 0 spiro atoms. The Bertz CT molecular complexity index is 742. The van der Waals surface area contributed by atoms with Gasteiger partial charge in [-0.05, 0) is 62.0 Å². The Kier molecular flexibility index (Phi) is 9.49. The van der Waals surface area contributed by atoms with Gasteiger partial charge in [-0.3, -0.25) is 10.1 Å². The zero-order valence-corrected chi connectivity index (χ0v) is 17.6. The number of hydrogen-bond acceptors (Lipinski definition) is 3. The first-order valence-corrected chi connectivity index (χ1v) is 10.4. The summed E-state index contributed by atoms with van der Waals surface area (Å²) in [6.45, 7) is 4.95. The summed E-state index contributed by atoms with van der Waals surface area (Å²) in [6, 6.07) is 15.0. The van der Waals surface area contributed by atoms with Gasteiger partial charge in [0.1, 0.15) is 5.75 Å². The van der Waals surface area contributed by atoms with Crippen molar-refractivity contribution in [2.24, 2.45) is 0 Å². The Balaban J connectivity index is 1.70. The molecule has 0 aliphatic carbocycles. The van der Waals surface area contributed by atoms with Crippen molar-refractivity contribution in [3.05, 3.63) is 59.7 Å². The number of carbonyl (C=O) groups is 1. The van der Waals surface area contributed by atoms with Crippen LogP contribution in [0.15, 0.2) is 48.5 Å². The molecule has 1 amide bonds. The van der Waals surface area contributed by atoms with E-state index in [0.29, 0.717) is 5.56 Å². The summed E-state index contributed by atoms with van der Waals surface area (Å²) in [4.78, 5) is 12.2. The van der Waals surface area contributed by atoms with E-state index in [2.05, 4.69) is 17.6 Å². The smallest absolute Gasteiger partial charge is 0.257 e. The van der Waals surface area contributed by atoms with Gasteiger partial charge in [-0.25, -0.2) is 0 Å². The van der Waals surface area contributed by atoms with Crippen LogP contribution in [0.4, 0.5) is 5.69 Å². The Morgan fingerprint density at radius 2 is 1.57 bits per heavy atom. The number of amides is 1. The lowest BCUT2D eigenvalue weighted by atomic mass is 10.1. The first kappa shape index (κ1) is 21.9. The van der Waals surface area contributed by atoms with E-state index >= 15 is 0 Å². The average molecular weight is 399 g/mol. The summed E-state index contributed by atoms with van der Waals surface area (Å²) in [5.41, 5.74) is 2.49. The van der Waals surface area contributed by atoms with Gasteiger partial charge < -0.3 is 10.1 Å². The van der Waals surface area contributed by atoms with E-state index < -0.39 is 0 Å². The summed E-state index contributed by atoms with van der Waals surface area (Å²) >= 11 is 5.23. The van der Waals surface area contributed by atoms with E-state index in [1.54, 1.807) is 12.1 Å². The number of nitrogens with one attached hydrogen (secondary N) is 2. The van der Waals surface area contributed by atoms with Gasteiger partial charge in [-0.15, -0.1) is 0 Å². The third kappa shape index (κ3) is 8.09. The molecule has 0 radical (unpaired) electrons. The van der Waals surface area contributed by atoms with E-state index in [9.17, 15) is 4.79 Å². The molecule has 2 aromatic carbocycles. The van der Waals surface area contributed by atoms with Crippen molar-refractivity contribution in [2.45, 2.75) is 52.4 Å². The fraction of sp³-hybridized carbons (Fsp3) is 0.391. The van der Waals surface area contributed by atoms with Gasteiger partial charge in [0.05, 0.1) is 6.61 Å². The van der Waals surface area contributed by atoms with Crippen LogP contribution >= 0.6 is 12.2 Å². The molecule has 0 fully saturated rings. The normalized spacial score (nSPS) is 10.4. The monoisotopic (exact) mass is 398 g/mol. The van der Waals surface area contributed by atoms with Crippen LogP contribution in [0.3, 0.4) is 0 Å². The Labute approximate surface area is 173 Å². The SMILES string of the molecule is CCCCCCCCOc1ccc(NC(=S)NC(=O)c2ccc(C)cc2)cc1. The van der Waals surface area contributed by atoms with E-state index in [-0.39, 0.29) is 11.0 Å². The second-order valence-electron chi connectivity index (χ2n) is 6.91. The lowest BCUT2D eigenvalue weighted by Gasteiger charge is -2.11.